The minimum absolute atomic E-state index is 0. The molecule has 2 N–H and O–H groups in total. The van der Waals surface area contributed by atoms with E-state index in [2.05, 4.69) is 36.6 Å². The highest BCUT2D eigenvalue weighted by Crippen LogP contribution is 2.24. The summed E-state index contributed by atoms with van der Waals surface area (Å²) >= 11 is 1.89. The van der Waals surface area contributed by atoms with E-state index in [1.807, 2.05) is 18.8 Å². The largest absolute Gasteiger partial charge is 0.356 e. The first kappa shape index (κ1) is 18.5. The predicted octanol–water partition coefficient (Wildman–Crippen LogP) is 1.93. The molecular weight excluding hydrogens is 399 g/mol. The lowest BCUT2D eigenvalue weighted by Gasteiger charge is -2.33. The van der Waals surface area contributed by atoms with Crippen molar-refractivity contribution < 1.29 is 0 Å². The summed E-state index contributed by atoms with van der Waals surface area (Å²) in [4.78, 5) is 11.0. The number of hydrogen-bond donors (Lipinski definition) is 2. The van der Waals surface area contributed by atoms with E-state index in [0.717, 1.165) is 44.3 Å². The molecule has 1 fully saturated rings. The third-order valence-electron chi connectivity index (χ3n) is 3.64. The molecule has 120 valence electrons. The van der Waals surface area contributed by atoms with Crippen molar-refractivity contribution in [3.05, 3.63) is 12.2 Å². The average Bonchev–Trinajstić information content (AvgIpc) is 3.02. The number of likely N-dealkylation sites (tertiary alicyclic amines) is 1. The summed E-state index contributed by atoms with van der Waals surface area (Å²) in [7, 11) is 1.86. The molecule has 0 aliphatic carbocycles. The Hall–Kier alpha value is -0.510. The Balaban J connectivity index is 0.00000220. The maximum atomic E-state index is 4.39. The molecule has 1 aliphatic heterocycles. The summed E-state index contributed by atoms with van der Waals surface area (Å²) in [5.74, 6) is 3.75. The van der Waals surface area contributed by atoms with Gasteiger partial charge in [0.1, 0.15) is 12.2 Å². The Labute approximate surface area is 148 Å². The second kappa shape index (κ2) is 10.3. The fraction of sp³-hybridized carbons (Fsp3) is 0.769. The zero-order valence-corrected chi connectivity index (χ0v) is 15.9. The molecule has 0 atom stereocenters. The van der Waals surface area contributed by atoms with Gasteiger partial charge in [0.05, 0.1) is 0 Å². The fourth-order valence-electron chi connectivity index (χ4n) is 2.53. The number of H-pyrrole nitrogens is 1. The number of halogens is 1. The zero-order valence-electron chi connectivity index (χ0n) is 12.7. The van der Waals surface area contributed by atoms with Crippen LogP contribution in [0.3, 0.4) is 0 Å². The van der Waals surface area contributed by atoms with E-state index in [-0.39, 0.29) is 24.0 Å². The Morgan fingerprint density at radius 3 is 2.86 bits per heavy atom. The smallest absolute Gasteiger partial charge is 0.193 e. The third-order valence-corrected chi connectivity index (χ3v) is 4.33. The highest BCUT2D eigenvalue weighted by Gasteiger charge is 2.24. The lowest BCUT2D eigenvalue weighted by Crippen LogP contribution is -2.45. The van der Waals surface area contributed by atoms with Crippen molar-refractivity contribution in [1.82, 2.24) is 25.4 Å². The predicted molar refractivity (Wildman–Crippen MR) is 99.7 cm³/mol. The van der Waals surface area contributed by atoms with Crippen LogP contribution in [0.5, 0.6) is 0 Å². The maximum Gasteiger partial charge on any atom is 0.193 e. The number of nitrogens with one attached hydrogen (secondary N) is 2. The molecule has 0 aromatic carbocycles. The molecule has 1 aromatic rings. The second-order valence-corrected chi connectivity index (χ2v) is 5.94. The second-order valence-electron chi connectivity index (χ2n) is 4.95. The first-order valence-corrected chi connectivity index (χ1v) is 8.54. The van der Waals surface area contributed by atoms with Crippen molar-refractivity contribution >= 4 is 41.7 Å². The SMILES string of the molecule is CN=C(NCCCSC)N1CCC(c2ncn[nH]2)CC1.I. The molecule has 0 radical (unpaired) electrons. The van der Waals surface area contributed by atoms with Gasteiger partial charge in [-0.1, -0.05) is 0 Å². The maximum absolute atomic E-state index is 4.39. The van der Waals surface area contributed by atoms with Crippen molar-refractivity contribution in [3.8, 4) is 0 Å². The van der Waals surface area contributed by atoms with Gasteiger partial charge in [-0.05, 0) is 31.3 Å². The minimum Gasteiger partial charge on any atom is -0.356 e. The van der Waals surface area contributed by atoms with Crippen LogP contribution in [0.4, 0.5) is 0 Å². The summed E-state index contributed by atoms with van der Waals surface area (Å²) in [6.45, 7) is 3.04. The monoisotopic (exact) mass is 424 g/mol. The molecule has 0 saturated carbocycles. The van der Waals surface area contributed by atoms with Gasteiger partial charge in [0.15, 0.2) is 5.96 Å². The quantitative estimate of drug-likeness (QED) is 0.327. The first-order chi connectivity index (χ1) is 9.85. The highest BCUT2D eigenvalue weighted by atomic mass is 127. The van der Waals surface area contributed by atoms with Crippen LogP contribution < -0.4 is 5.32 Å². The van der Waals surface area contributed by atoms with Crippen molar-refractivity contribution in [2.24, 2.45) is 4.99 Å². The number of nitrogens with zero attached hydrogens (tertiary/aromatic N) is 4. The van der Waals surface area contributed by atoms with Crippen molar-refractivity contribution in [3.63, 3.8) is 0 Å². The minimum atomic E-state index is 0. The third kappa shape index (κ3) is 5.65. The van der Waals surface area contributed by atoms with Crippen LogP contribution in [0.15, 0.2) is 11.3 Å². The van der Waals surface area contributed by atoms with Crippen LogP contribution in [-0.2, 0) is 0 Å². The van der Waals surface area contributed by atoms with Crippen LogP contribution in [0.25, 0.3) is 0 Å². The molecule has 1 aliphatic rings. The molecule has 6 nitrogen and oxygen atoms in total. The van der Waals surface area contributed by atoms with E-state index >= 15 is 0 Å². The molecule has 0 spiro atoms. The van der Waals surface area contributed by atoms with Crippen molar-refractivity contribution in [1.29, 1.82) is 0 Å². The summed E-state index contributed by atoms with van der Waals surface area (Å²) in [5.41, 5.74) is 0. The van der Waals surface area contributed by atoms with E-state index in [9.17, 15) is 0 Å². The van der Waals surface area contributed by atoms with Crippen LogP contribution in [0.1, 0.15) is 31.0 Å². The van der Waals surface area contributed by atoms with Crippen molar-refractivity contribution in [2.75, 3.05) is 38.7 Å². The number of thioether (sulfide) groups is 1. The average molecular weight is 424 g/mol. The van der Waals surface area contributed by atoms with Crippen LogP contribution in [0.2, 0.25) is 0 Å². The lowest BCUT2D eigenvalue weighted by molar-refractivity contribution is 0.299. The lowest BCUT2D eigenvalue weighted by atomic mass is 9.96. The van der Waals surface area contributed by atoms with Gasteiger partial charge < -0.3 is 10.2 Å². The van der Waals surface area contributed by atoms with Gasteiger partial charge in [-0.3, -0.25) is 10.1 Å². The summed E-state index contributed by atoms with van der Waals surface area (Å²) in [5, 5.41) is 10.4. The van der Waals surface area contributed by atoms with Gasteiger partial charge in [0.2, 0.25) is 0 Å². The van der Waals surface area contributed by atoms with Gasteiger partial charge in [0.25, 0.3) is 0 Å². The number of aliphatic imine (C=N–C) groups is 1. The number of rotatable bonds is 5. The number of aromatic amines is 1. The number of guanidine groups is 1. The molecule has 8 heteroatoms. The Kier molecular flexibility index (Phi) is 9.05. The highest BCUT2D eigenvalue weighted by molar-refractivity contribution is 14.0. The molecule has 0 amide bonds. The molecule has 1 saturated heterocycles. The Bertz CT molecular complexity index is 403. The van der Waals surface area contributed by atoms with Crippen LogP contribution >= 0.6 is 35.7 Å². The van der Waals surface area contributed by atoms with E-state index in [0.29, 0.717) is 5.92 Å². The number of aromatic nitrogens is 3. The molecule has 2 rings (SSSR count). The van der Waals surface area contributed by atoms with E-state index < -0.39 is 0 Å². The van der Waals surface area contributed by atoms with Gasteiger partial charge in [-0.2, -0.15) is 16.9 Å². The number of hydrogen-bond acceptors (Lipinski definition) is 4. The summed E-state index contributed by atoms with van der Waals surface area (Å²) in [6.07, 6.45) is 7.10. The molecule has 1 aromatic heterocycles. The van der Waals surface area contributed by atoms with Crippen LogP contribution in [0, 0.1) is 0 Å². The molecule has 0 bridgehead atoms. The van der Waals surface area contributed by atoms with Gasteiger partial charge in [-0.15, -0.1) is 24.0 Å². The molecule has 2 heterocycles. The standard InChI is InChI=1S/C13H24N6S.HI/c1-14-13(15-6-3-9-20-2)19-7-4-11(5-8-19)12-16-10-17-18-12;/h10-11H,3-9H2,1-2H3,(H,14,15)(H,16,17,18);1H. The fourth-order valence-corrected chi connectivity index (χ4v) is 2.96. The Morgan fingerprint density at radius 1 is 1.52 bits per heavy atom. The zero-order chi connectivity index (χ0) is 14.2. The van der Waals surface area contributed by atoms with Crippen molar-refractivity contribution in [2.45, 2.75) is 25.2 Å². The van der Waals surface area contributed by atoms with Crippen LogP contribution in [-0.4, -0.2) is 64.7 Å². The molecular formula is C13H25IN6S. The molecule has 21 heavy (non-hydrogen) atoms. The normalized spacial score (nSPS) is 16.7. The topological polar surface area (TPSA) is 69.2 Å². The van der Waals surface area contributed by atoms with Gasteiger partial charge in [-0.25, -0.2) is 4.98 Å². The summed E-state index contributed by atoms with van der Waals surface area (Å²) < 4.78 is 0. The van der Waals surface area contributed by atoms with Gasteiger partial charge in [0, 0.05) is 32.6 Å². The summed E-state index contributed by atoms with van der Waals surface area (Å²) in [6, 6.07) is 0. The Morgan fingerprint density at radius 2 is 2.29 bits per heavy atom. The number of piperidine rings is 1. The van der Waals surface area contributed by atoms with E-state index in [4.69, 9.17) is 0 Å². The van der Waals surface area contributed by atoms with Gasteiger partial charge >= 0.3 is 0 Å². The molecule has 0 unspecified atom stereocenters. The van der Waals surface area contributed by atoms with E-state index in [1.54, 1.807) is 6.33 Å². The van der Waals surface area contributed by atoms with E-state index in [1.165, 1.54) is 12.2 Å². The first-order valence-electron chi connectivity index (χ1n) is 7.15.